The molecular weight excluding hydrogens is 300 g/mol. The quantitative estimate of drug-likeness (QED) is 0.850. The Balaban J connectivity index is 1.96. The lowest BCUT2D eigenvalue weighted by Crippen LogP contribution is -2.24. The summed E-state index contributed by atoms with van der Waals surface area (Å²) in [6, 6.07) is 8.45. The molecule has 1 aromatic carbocycles. The Bertz CT molecular complexity index is 684. The first kappa shape index (κ1) is 18.2. The highest BCUT2D eigenvalue weighted by Gasteiger charge is 2.16. The van der Waals surface area contributed by atoms with Gasteiger partial charge in [-0.2, -0.15) is 5.10 Å². The second-order valence-corrected chi connectivity index (χ2v) is 6.13. The molecule has 0 saturated heterocycles. The van der Waals surface area contributed by atoms with Crippen molar-refractivity contribution in [2.75, 3.05) is 13.1 Å². The third kappa shape index (κ3) is 4.23. The lowest BCUT2D eigenvalue weighted by atomic mass is 10.1. The maximum Gasteiger partial charge on any atom is 0.255 e. The summed E-state index contributed by atoms with van der Waals surface area (Å²) >= 11 is 0. The third-order valence-electron chi connectivity index (χ3n) is 4.51. The van der Waals surface area contributed by atoms with Crippen LogP contribution in [-0.4, -0.2) is 33.7 Å². The van der Waals surface area contributed by atoms with Gasteiger partial charge >= 0.3 is 0 Å². The molecule has 5 heteroatoms. The maximum absolute atomic E-state index is 12.4. The Morgan fingerprint density at radius 1 is 1.12 bits per heavy atom. The molecule has 0 bridgehead atoms. The summed E-state index contributed by atoms with van der Waals surface area (Å²) in [7, 11) is 1.85. The van der Waals surface area contributed by atoms with E-state index in [0.29, 0.717) is 12.1 Å². The number of benzene rings is 1. The van der Waals surface area contributed by atoms with Gasteiger partial charge in [0.1, 0.15) is 0 Å². The van der Waals surface area contributed by atoms with Gasteiger partial charge in [-0.1, -0.05) is 38.1 Å². The molecule has 130 valence electrons. The van der Waals surface area contributed by atoms with Crippen molar-refractivity contribution in [2.24, 2.45) is 7.05 Å². The zero-order valence-electron chi connectivity index (χ0n) is 15.4. The monoisotopic (exact) mass is 328 g/mol. The van der Waals surface area contributed by atoms with Gasteiger partial charge in [-0.05, 0) is 38.1 Å². The minimum Gasteiger partial charge on any atom is -0.348 e. The van der Waals surface area contributed by atoms with Crippen molar-refractivity contribution in [3.8, 4) is 0 Å². The smallest absolute Gasteiger partial charge is 0.255 e. The zero-order valence-corrected chi connectivity index (χ0v) is 15.4. The first-order valence-corrected chi connectivity index (χ1v) is 8.54. The topological polar surface area (TPSA) is 50.2 Å². The van der Waals surface area contributed by atoms with Crippen LogP contribution in [0.4, 0.5) is 0 Å². The highest BCUT2D eigenvalue weighted by molar-refractivity contribution is 5.96. The molecule has 2 rings (SSSR count). The number of aryl methyl sites for hydroxylation is 2. The van der Waals surface area contributed by atoms with Crippen LogP contribution < -0.4 is 5.32 Å². The number of nitrogens with one attached hydrogen (secondary N) is 1. The molecule has 0 aliphatic carbocycles. The van der Waals surface area contributed by atoms with Crippen LogP contribution >= 0.6 is 0 Å². The molecule has 1 N–H and O–H groups in total. The minimum atomic E-state index is -0.0645. The first-order chi connectivity index (χ1) is 11.5. The molecule has 0 fully saturated rings. The number of hydrogen-bond acceptors (Lipinski definition) is 3. The Morgan fingerprint density at radius 3 is 2.21 bits per heavy atom. The summed E-state index contributed by atoms with van der Waals surface area (Å²) in [5, 5.41) is 7.28. The van der Waals surface area contributed by atoms with E-state index in [1.54, 1.807) is 4.68 Å². The molecule has 0 spiro atoms. The predicted octanol–water partition coefficient (Wildman–Crippen LogP) is 2.81. The molecule has 0 aliphatic rings. The van der Waals surface area contributed by atoms with Crippen molar-refractivity contribution < 1.29 is 4.79 Å². The van der Waals surface area contributed by atoms with Gasteiger partial charge in [0.2, 0.25) is 0 Å². The van der Waals surface area contributed by atoms with Gasteiger partial charge in [-0.15, -0.1) is 0 Å². The van der Waals surface area contributed by atoms with Crippen LogP contribution in [0, 0.1) is 13.8 Å². The number of carbonyl (C=O) groups excluding carboxylic acids is 1. The van der Waals surface area contributed by atoms with E-state index in [2.05, 4.69) is 53.4 Å². The van der Waals surface area contributed by atoms with Gasteiger partial charge in [0.15, 0.2) is 0 Å². The van der Waals surface area contributed by atoms with Crippen molar-refractivity contribution in [1.29, 1.82) is 0 Å². The number of rotatable bonds is 7. The molecule has 0 aliphatic heterocycles. The van der Waals surface area contributed by atoms with Crippen LogP contribution in [0.2, 0.25) is 0 Å². The van der Waals surface area contributed by atoms with Gasteiger partial charge < -0.3 is 5.32 Å². The van der Waals surface area contributed by atoms with E-state index in [1.807, 2.05) is 20.9 Å². The normalized spacial score (nSPS) is 11.1. The summed E-state index contributed by atoms with van der Waals surface area (Å²) in [5.41, 5.74) is 4.73. The van der Waals surface area contributed by atoms with Crippen molar-refractivity contribution in [3.05, 3.63) is 52.3 Å². The Labute approximate surface area is 144 Å². The lowest BCUT2D eigenvalue weighted by molar-refractivity contribution is 0.0949. The number of nitrogens with zero attached hydrogens (tertiary/aromatic N) is 3. The highest BCUT2D eigenvalue weighted by Crippen LogP contribution is 2.12. The number of amides is 1. The van der Waals surface area contributed by atoms with E-state index in [9.17, 15) is 4.79 Å². The van der Waals surface area contributed by atoms with E-state index in [0.717, 1.165) is 36.6 Å². The number of hydrogen-bond donors (Lipinski definition) is 1. The molecule has 1 heterocycles. The van der Waals surface area contributed by atoms with E-state index in [-0.39, 0.29) is 5.91 Å². The van der Waals surface area contributed by atoms with Crippen LogP contribution in [-0.2, 0) is 20.1 Å². The third-order valence-corrected chi connectivity index (χ3v) is 4.51. The largest absolute Gasteiger partial charge is 0.348 e. The summed E-state index contributed by atoms with van der Waals surface area (Å²) in [6.45, 7) is 11.7. The Morgan fingerprint density at radius 2 is 1.71 bits per heavy atom. The minimum absolute atomic E-state index is 0.0645. The molecule has 0 radical (unpaired) electrons. The average molecular weight is 328 g/mol. The average Bonchev–Trinajstić information content (AvgIpc) is 2.84. The predicted molar refractivity (Wildman–Crippen MR) is 96.9 cm³/mol. The van der Waals surface area contributed by atoms with Crippen LogP contribution in [0.15, 0.2) is 24.3 Å². The summed E-state index contributed by atoms with van der Waals surface area (Å²) < 4.78 is 1.74. The fraction of sp³-hybridized carbons (Fsp3) is 0.474. The molecule has 0 saturated carbocycles. The summed E-state index contributed by atoms with van der Waals surface area (Å²) in [4.78, 5) is 14.8. The molecular formula is C19H28N4O. The van der Waals surface area contributed by atoms with E-state index >= 15 is 0 Å². The van der Waals surface area contributed by atoms with Crippen molar-refractivity contribution >= 4 is 5.91 Å². The second-order valence-electron chi connectivity index (χ2n) is 6.13. The molecule has 1 amide bonds. The molecule has 0 unspecified atom stereocenters. The van der Waals surface area contributed by atoms with E-state index in [1.165, 1.54) is 5.56 Å². The summed E-state index contributed by atoms with van der Waals surface area (Å²) in [6.07, 6.45) is 0. The zero-order chi connectivity index (χ0) is 17.7. The van der Waals surface area contributed by atoms with E-state index < -0.39 is 0 Å². The highest BCUT2D eigenvalue weighted by atomic mass is 16.1. The van der Waals surface area contributed by atoms with Crippen LogP contribution in [0.1, 0.15) is 46.7 Å². The van der Waals surface area contributed by atoms with Gasteiger partial charge in [0.05, 0.1) is 11.3 Å². The van der Waals surface area contributed by atoms with E-state index in [4.69, 9.17) is 0 Å². The Hall–Kier alpha value is -2.14. The molecule has 2 aromatic rings. The fourth-order valence-electron chi connectivity index (χ4n) is 2.84. The summed E-state index contributed by atoms with van der Waals surface area (Å²) in [5.74, 6) is -0.0645. The van der Waals surface area contributed by atoms with Crippen LogP contribution in [0.3, 0.4) is 0 Å². The van der Waals surface area contributed by atoms with Crippen LogP contribution in [0.5, 0.6) is 0 Å². The SMILES string of the molecule is CCN(CC)Cc1ccc(CNC(=O)c2c(C)nn(C)c2C)cc1. The second kappa shape index (κ2) is 8.11. The van der Waals surface area contributed by atoms with Crippen molar-refractivity contribution in [2.45, 2.75) is 40.8 Å². The van der Waals surface area contributed by atoms with Crippen molar-refractivity contribution in [1.82, 2.24) is 20.0 Å². The lowest BCUT2D eigenvalue weighted by Gasteiger charge is -2.18. The van der Waals surface area contributed by atoms with Gasteiger partial charge in [0, 0.05) is 25.8 Å². The Kier molecular flexibility index (Phi) is 6.15. The fourth-order valence-corrected chi connectivity index (χ4v) is 2.84. The van der Waals surface area contributed by atoms with Crippen LogP contribution in [0.25, 0.3) is 0 Å². The maximum atomic E-state index is 12.4. The number of carbonyl (C=O) groups is 1. The van der Waals surface area contributed by atoms with Gasteiger partial charge in [-0.25, -0.2) is 0 Å². The van der Waals surface area contributed by atoms with Gasteiger partial charge in [-0.3, -0.25) is 14.4 Å². The van der Waals surface area contributed by atoms with Gasteiger partial charge in [0.25, 0.3) is 5.91 Å². The number of aromatic nitrogens is 2. The molecule has 1 aromatic heterocycles. The molecule has 5 nitrogen and oxygen atoms in total. The molecule has 0 atom stereocenters. The molecule has 24 heavy (non-hydrogen) atoms. The first-order valence-electron chi connectivity index (χ1n) is 8.54. The standard InChI is InChI=1S/C19H28N4O/c1-6-23(7-2)13-17-10-8-16(9-11-17)12-20-19(24)18-14(3)21-22(5)15(18)4/h8-11H,6-7,12-13H2,1-5H3,(H,20,24). The van der Waals surface area contributed by atoms with Crippen molar-refractivity contribution in [3.63, 3.8) is 0 Å².